The van der Waals surface area contributed by atoms with Crippen molar-refractivity contribution in [3.63, 3.8) is 0 Å². The minimum Gasteiger partial charge on any atom is -0.391 e. The van der Waals surface area contributed by atoms with E-state index >= 15 is 0 Å². The molecule has 0 bridgehead atoms. The van der Waals surface area contributed by atoms with Gasteiger partial charge in [0.2, 0.25) is 0 Å². The van der Waals surface area contributed by atoms with Crippen molar-refractivity contribution in [3.05, 3.63) is 34.1 Å². The smallest absolute Gasteiger partial charge is 0.127 e. The molecule has 1 aromatic carbocycles. The first-order valence-electron chi connectivity index (χ1n) is 6.40. The SMILES string of the molecule is CN(Cc1cc(Br)ccc1F)C1CCCCC1O. The van der Waals surface area contributed by atoms with Crippen molar-refractivity contribution in [2.24, 2.45) is 0 Å². The molecule has 100 valence electrons. The van der Waals surface area contributed by atoms with Crippen LogP contribution in [0.5, 0.6) is 0 Å². The van der Waals surface area contributed by atoms with Crippen LogP contribution >= 0.6 is 15.9 Å². The topological polar surface area (TPSA) is 23.5 Å². The van der Waals surface area contributed by atoms with Crippen LogP contribution in [0.25, 0.3) is 0 Å². The summed E-state index contributed by atoms with van der Waals surface area (Å²) < 4.78 is 14.6. The number of hydrogen-bond donors (Lipinski definition) is 1. The van der Waals surface area contributed by atoms with Crippen molar-refractivity contribution < 1.29 is 9.50 Å². The maximum atomic E-state index is 13.7. The summed E-state index contributed by atoms with van der Waals surface area (Å²) in [6.45, 7) is 0.535. The number of benzene rings is 1. The molecule has 1 fully saturated rings. The zero-order valence-electron chi connectivity index (χ0n) is 10.6. The van der Waals surface area contributed by atoms with E-state index in [2.05, 4.69) is 20.8 Å². The Morgan fingerprint density at radius 2 is 2.11 bits per heavy atom. The molecular formula is C14H19BrFNO. The van der Waals surface area contributed by atoms with E-state index in [-0.39, 0.29) is 18.0 Å². The Kier molecular flexibility index (Phi) is 4.76. The molecule has 2 atom stereocenters. The minimum atomic E-state index is -0.279. The first-order valence-corrected chi connectivity index (χ1v) is 7.19. The number of nitrogens with zero attached hydrogens (tertiary/aromatic N) is 1. The van der Waals surface area contributed by atoms with Crippen molar-refractivity contribution in [2.45, 2.75) is 44.4 Å². The van der Waals surface area contributed by atoms with Crippen molar-refractivity contribution in [1.29, 1.82) is 0 Å². The Labute approximate surface area is 116 Å². The molecule has 0 aromatic heterocycles. The van der Waals surface area contributed by atoms with E-state index in [4.69, 9.17) is 0 Å². The van der Waals surface area contributed by atoms with Gasteiger partial charge in [-0.2, -0.15) is 0 Å². The summed E-state index contributed by atoms with van der Waals surface area (Å²) in [6.07, 6.45) is 3.81. The lowest BCUT2D eigenvalue weighted by Crippen LogP contribution is -2.43. The van der Waals surface area contributed by atoms with Crippen LogP contribution in [0.15, 0.2) is 22.7 Å². The van der Waals surface area contributed by atoms with E-state index in [1.54, 1.807) is 12.1 Å². The summed E-state index contributed by atoms with van der Waals surface area (Å²) in [5.74, 6) is -0.185. The van der Waals surface area contributed by atoms with Gasteiger partial charge in [-0.05, 0) is 38.1 Å². The minimum absolute atomic E-state index is 0.150. The van der Waals surface area contributed by atoms with Gasteiger partial charge < -0.3 is 5.11 Å². The van der Waals surface area contributed by atoms with Crippen LogP contribution in [0.3, 0.4) is 0 Å². The average Bonchev–Trinajstić information content (AvgIpc) is 2.34. The molecule has 0 aliphatic heterocycles. The van der Waals surface area contributed by atoms with E-state index in [0.29, 0.717) is 12.1 Å². The van der Waals surface area contributed by atoms with E-state index in [1.165, 1.54) is 6.07 Å². The molecule has 1 N–H and O–H groups in total. The Bertz CT molecular complexity index is 413. The lowest BCUT2D eigenvalue weighted by atomic mass is 9.91. The third kappa shape index (κ3) is 3.31. The summed E-state index contributed by atoms with van der Waals surface area (Å²) in [6, 6.07) is 5.14. The third-order valence-corrected chi connectivity index (χ3v) is 4.18. The van der Waals surface area contributed by atoms with Crippen LogP contribution in [-0.4, -0.2) is 29.2 Å². The maximum absolute atomic E-state index is 13.7. The summed E-state index contributed by atoms with van der Waals surface area (Å²) in [5.41, 5.74) is 0.671. The molecule has 0 saturated heterocycles. The van der Waals surface area contributed by atoms with Gasteiger partial charge in [-0.3, -0.25) is 4.90 Å². The predicted molar refractivity (Wildman–Crippen MR) is 73.8 cm³/mol. The van der Waals surface area contributed by atoms with Crippen LogP contribution in [0.2, 0.25) is 0 Å². The zero-order chi connectivity index (χ0) is 13.1. The first kappa shape index (κ1) is 14.0. The summed E-state index contributed by atoms with van der Waals surface area (Å²) in [5, 5.41) is 10.00. The van der Waals surface area contributed by atoms with Gasteiger partial charge in [0.05, 0.1) is 6.10 Å². The second-order valence-corrected chi connectivity index (χ2v) is 5.99. The molecule has 18 heavy (non-hydrogen) atoms. The van der Waals surface area contributed by atoms with Crippen LogP contribution in [-0.2, 0) is 6.54 Å². The Hall–Kier alpha value is -0.450. The lowest BCUT2D eigenvalue weighted by molar-refractivity contribution is 0.0284. The maximum Gasteiger partial charge on any atom is 0.127 e. The number of aliphatic hydroxyl groups excluding tert-OH is 1. The predicted octanol–water partition coefficient (Wildman–Crippen LogP) is 3.32. The first-order chi connectivity index (χ1) is 8.58. The Morgan fingerprint density at radius 3 is 2.83 bits per heavy atom. The largest absolute Gasteiger partial charge is 0.391 e. The number of aliphatic hydroxyl groups is 1. The molecule has 4 heteroatoms. The molecule has 2 unspecified atom stereocenters. The van der Waals surface area contributed by atoms with Gasteiger partial charge in [-0.25, -0.2) is 4.39 Å². The molecule has 1 saturated carbocycles. The highest BCUT2D eigenvalue weighted by molar-refractivity contribution is 9.10. The average molecular weight is 316 g/mol. The molecule has 1 aliphatic carbocycles. The summed E-state index contributed by atoms with van der Waals surface area (Å²) in [7, 11) is 1.96. The normalized spacial score (nSPS) is 24.5. The van der Waals surface area contributed by atoms with Crippen molar-refractivity contribution in [2.75, 3.05) is 7.05 Å². The number of likely N-dealkylation sites (N-methyl/N-ethyl adjacent to an activating group) is 1. The molecule has 0 amide bonds. The summed E-state index contributed by atoms with van der Waals surface area (Å²) in [4.78, 5) is 2.06. The second kappa shape index (κ2) is 6.13. The van der Waals surface area contributed by atoms with Crippen LogP contribution in [0.1, 0.15) is 31.2 Å². The molecule has 0 spiro atoms. The fourth-order valence-electron chi connectivity index (χ4n) is 2.66. The quantitative estimate of drug-likeness (QED) is 0.925. The van der Waals surface area contributed by atoms with Crippen molar-refractivity contribution >= 4 is 15.9 Å². The highest BCUT2D eigenvalue weighted by atomic mass is 79.9. The second-order valence-electron chi connectivity index (χ2n) is 5.07. The molecule has 0 heterocycles. The van der Waals surface area contributed by atoms with Gasteiger partial charge in [0.25, 0.3) is 0 Å². The summed E-state index contributed by atoms with van der Waals surface area (Å²) >= 11 is 3.36. The van der Waals surface area contributed by atoms with Gasteiger partial charge in [0.15, 0.2) is 0 Å². The highest BCUT2D eigenvalue weighted by Crippen LogP contribution is 2.24. The number of rotatable bonds is 3. The van der Waals surface area contributed by atoms with E-state index in [9.17, 15) is 9.50 Å². The molecule has 2 rings (SSSR count). The van der Waals surface area contributed by atoms with Crippen LogP contribution in [0, 0.1) is 5.82 Å². The molecule has 1 aromatic rings. The molecular weight excluding hydrogens is 297 g/mol. The standard InChI is InChI=1S/C14H19BrFNO/c1-17(13-4-2-3-5-14(13)18)9-10-8-11(15)6-7-12(10)16/h6-8,13-14,18H,2-5,9H2,1H3. The Balaban J connectivity index is 2.05. The highest BCUT2D eigenvalue weighted by Gasteiger charge is 2.26. The molecule has 0 radical (unpaired) electrons. The van der Waals surface area contributed by atoms with Gasteiger partial charge in [-0.1, -0.05) is 28.8 Å². The monoisotopic (exact) mass is 315 g/mol. The van der Waals surface area contributed by atoms with Gasteiger partial charge in [0.1, 0.15) is 5.82 Å². The van der Waals surface area contributed by atoms with Crippen LogP contribution < -0.4 is 0 Å². The van der Waals surface area contributed by atoms with Crippen molar-refractivity contribution in [3.8, 4) is 0 Å². The van der Waals surface area contributed by atoms with Crippen LogP contribution in [0.4, 0.5) is 4.39 Å². The fraction of sp³-hybridized carbons (Fsp3) is 0.571. The van der Waals surface area contributed by atoms with E-state index in [0.717, 1.165) is 30.2 Å². The number of halogens is 2. The van der Waals surface area contributed by atoms with Gasteiger partial charge >= 0.3 is 0 Å². The molecule has 2 nitrogen and oxygen atoms in total. The lowest BCUT2D eigenvalue weighted by Gasteiger charge is -2.35. The third-order valence-electron chi connectivity index (χ3n) is 3.69. The Morgan fingerprint density at radius 1 is 1.39 bits per heavy atom. The number of hydrogen-bond acceptors (Lipinski definition) is 2. The van der Waals surface area contributed by atoms with Gasteiger partial charge in [-0.15, -0.1) is 0 Å². The van der Waals surface area contributed by atoms with E-state index in [1.807, 2.05) is 7.05 Å². The zero-order valence-corrected chi connectivity index (χ0v) is 12.2. The molecule has 1 aliphatic rings. The van der Waals surface area contributed by atoms with Crippen molar-refractivity contribution in [1.82, 2.24) is 4.90 Å². The fourth-order valence-corrected chi connectivity index (χ4v) is 3.06. The van der Waals surface area contributed by atoms with E-state index < -0.39 is 0 Å². The van der Waals surface area contributed by atoms with Gasteiger partial charge in [0, 0.05) is 22.6 Å².